The van der Waals surface area contributed by atoms with E-state index in [1.165, 1.54) is 12.1 Å². The van der Waals surface area contributed by atoms with E-state index < -0.39 is 11.6 Å². The Hall–Kier alpha value is -1.53. The third-order valence-electron chi connectivity index (χ3n) is 3.45. The molecule has 0 bridgehead atoms. The molecule has 1 aliphatic heterocycles. The van der Waals surface area contributed by atoms with Gasteiger partial charge >= 0.3 is 0 Å². The number of likely N-dealkylation sites (N-methyl/N-ethyl adjacent to an activating group) is 1. The van der Waals surface area contributed by atoms with Gasteiger partial charge in [0.2, 0.25) is 5.91 Å². The van der Waals surface area contributed by atoms with Crippen molar-refractivity contribution in [3.05, 3.63) is 35.4 Å². The van der Waals surface area contributed by atoms with E-state index in [9.17, 15) is 13.6 Å². The van der Waals surface area contributed by atoms with Crippen molar-refractivity contribution >= 4 is 5.91 Å². The van der Waals surface area contributed by atoms with Gasteiger partial charge in [-0.3, -0.25) is 9.69 Å². The molecule has 1 aromatic carbocycles. The smallest absolute Gasteiger partial charge is 0.236 e. The highest BCUT2D eigenvalue weighted by Gasteiger charge is 2.22. The van der Waals surface area contributed by atoms with E-state index >= 15 is 0 Å². The SMILES string of the molecule is C[C@H]1CN(C(=O)CN(C)Cc2ccc(F)cc2F)CCO1. The second kappa shape index (κ2) is 6.95. The Morgan fingerprint density at radius 3 is 2.90 bits per heavy atom. The van der Waals surface area contributed by atoms with E-state index in [1.807, 2.05) is 6.92 Å². The zero-order valence-electron chi connectivity index (χ0n) is 12.3. The van der Waals surface area contributed by atoms with Crippen molar-refractivity contribution in [2.24, 2.45) is 0 Å². The second-order valence-corrected chi connectivity index (χ2v) is 5.43. The van der Waals surface area contributed by atoms with Crippen LogP contribution in [0.2, 0.25) is 0 Å². The molecule has 0 aliphatic carbocycles. The van der Waals surface area contributed by atoms with Gasteiger partial charge in [-0.05, 0) is 20.0 Å². The Morgan fingerprint density at radius 1 is 1.48 bits per heavy atom. The van der Waals surface area contributed by atoms with Crippen LogP contribution in [0.15, 0.2) is 18.2 Å². The van der Waals surface area contributed by atoms with Crippen LogP contribution in [0.4, 0.5) is 8.78 Å². The summed E-state index contributed by atoms with van der Waals surface area (Å²) in [6.45, 7) is 4.10. The summed E-state index contributed by atoms with van der Waals surface area (Å²) in [5.41, 5.74) is 0.377. The summed E-state index contributed by atoms with van der Waals surface area (Å²) in [6.07, 6.45) is 0.0440. The molecule has 1 saturated heterocycles. The first kappa shape index (κ1) is 15.9. The third-order valence-corrected chi connectivity index (χ3v) is 3.45. The number of benzene rings is 1. The molecule has 0 N–H and O–H groups in total. The van der Waals surface area contributed by atoms with Crippen LogP contribution in [0.1, 0.15) is 12.5 Å². The molecule has 116 valence electrons. The van der Waals surface area contributed by atoms with Gasteiger partial charge in [-0.2, -0.15) is 0 Å². The number of hydrogen-bond donors (Lipinski definition) is 0. The summed E-state index contributed by atoms with van der Waals surface area (Å²) < 4.78 is 31.8. The van der Waals surface area contributed by atoms with Gasteiger partial charge in [0, 0.05) is 31.3 Å². The first-order chi connectivity index (χ1) is 9.95. The van der Waals surface area contributed by atoms with Crippen LogP contribution in [-0.4, -0.2) is 55.1 Å². The van der Waals surface area contributed by atoms with Crippen molar-refractivity contribution in [3.63, 3.8) is 0 Å². The number of nitrogens with zero attached hydrogens (tertiary/aromatic N) is 2. The van der Waals surface area contributed by atoms with E-state index in [4.69, 9.17) is 4.74 Å². The molecule has 21 heavy (non-hydrogen) atoms. The number of halogens is 2. The summed E-state index contributed by atoms with van der Waals surface area (Å²) in [4.78, 5) is 15.6. The lowest BCUT2D eigenvalue weighted by molar-refractivity contribution is -0.139. The largest absolute Gasteiger partial charge is 0.375 e. The fourth-order valence-corrected chi connectivity index (χ4v) is 2.37. The molecule has 1 aromatic rings. The van der Waals surface area contributed by atoms with Gasteiger partial charge in [-0.15, -0.1) is 0 Å². The Kier molecular flexibility index (Phi) is 5.25. The Labute approximate surface area is 123 Å². The minimum absolute atomic E-state index is 0.00447. The number of rotatable bonds is 4. The molecular weight excluding hydrogens is 278 g/mol. The molecule has 2 rings (SSSR count). The molecule has 0 aromatic heterocycles. The van der Waals surface area contributed by atoms with Crippen molar-refractivity contribution in [3.8, 4) is 0 Å². The zero-order valence-corrected chi connectivity index (χ0v) is 12.3. The van der Waals surface area contributed by atoms with Crippen LogP contribution in [0.5, 0.6) is 0 Å². The summed E-state index contributed by atoms with van der Waals surface area (Å²) >= 11 is 0. The van der Waals surface area contributed by atoms with E-state index in [0.29, 0.717) is 25.3 Å². The molecule has 0 spiro atoms. The average Bonchev–Trinajstić information content (AvgIpc) is 2.42. The molecular formula is C15H20F2N2O2. The standard InChI is InChI=1S/C15H20F2N2O2/c1-11-8-19(5-6-21-11)15(20)10-18(2)9-12-3-4-13(16)7-14(12)17/h3-4,7,11H,5-6,8-10H2,1-2H3/t11-/m0/s1. The lowest BCUT2D eigenvalue weighted by Gasteiger charge is -2.32. The maximum absolute atomic E-state index is 13.6. The lowest BCUT2D eigenvalue weighted by atomic mass is 10.2. The van der Waals surface area contributed by atoms with Gasteiger partial charge in [-0.25, -0.2) is 8.78 Å². The maximum Gasteiger partial charge on any atom is 0.236 e. The summed E-state index contributed by atoms with van der Waals surface area (Å²) in [6, 6.07) is 3.48. The predicted molar refractivity (Wildman–Crippen MR) is 74.7 cm³/mol. The highest BCUT2D eigenvalue weighted by Crippen LogP contribution is 2.12. The molecule has 4 nitrogen and oxygen atoms in total. The highest BCUT2D eigenvalue weighted by atomic mass is 19.1. The molecule has 0 radical (unpaired) electrons. The third kappa shape index (κ3) is 4.47. The fourth-order valence-electron chi connectivity index (χ4n) is 2.37. The number of hydrogen-bond acceptors (Lipinski definition) is 3. The number of amides is 1. The minimum Gasteiger partial charge on any atom is -0.375 e. The normalized spacial score (nSPS) is 19.1. The molecule has 0 unspecified atom stereocenters. The van der Waals surface area contributed by atoms with Crippen LogP contribution >= 0.6 is 0 Å². The van der Waals surface area contributed by atoms with E-state index in [2.05, 4.69) is 0 Å². The van der Waals surface area contributed by atoms with Crippen molar-refractivity contribution in [2.45, 2.75) is 19.6 Å². The molecule has 6 heteroatoms. The van der Waals surface area contributed by atoms with E-state index in [1.54, 1.807) is 16.8 Å². The quantitative estimate of drug-likeness (QED) is 0.847. The zero-order chi connectivity index (χ0) is 15.4. The van der Waals surface area contributed by atoms with Crippen molar-refractivity contribution in [2.75, 3.05) is 33.3 Å². The van der Waals surface area contributed by atoms with Crippen LogP contribution in [-0.2, 0) is 16.1 Å². The Balaban J connectivity index is 1.88. The van der Waals surface area contributed by atoms with Gasteiger partial charge in [0.25, 0.3) is 0 Å². The van der Waals surface area contributed by atoms with Gasteiger partial charge in [-0.1, -0.05) is 6.07 Å². The van der Waals surface area contributed by atoms with Crippen LogP contribution in [0, 0.1) is 11.6 Å². The lowest BCUT2D eigenvalue weighted by Crippen LogP contribution is -2.47. The second-order valence-electron chi connectivity index (χ2n) is 5.43. The number of morpholine rings is 1. The minimum atomic E-state index is -0.600. The first-order valence-corrected chi connectivity index (χ1v) is 6.97. The monoisotopic (exact) mass is 298 g/mol. The van der Waals surface area contributed by atoms with Crippen LogP contribution in [0.3, 0.4) is 0 Å². The number of carbonyl (C=O) groups excluding carboxylic acids is 1. The van der Waals surface area contributed by atoms with Crippen molar-refractivity contribution in [1.82, 2.24) is 9.80 Å². The highest BCUT2D eigenvalue weighted by molar-refractivity contribution is 5.78. The first-order valence-electron chi connectivity index (χ1n) is 6.97. The molecule has 1 heterocycles. The molecule has 1 fully saturated rings. The average molecular weight is 298 g/mol. The fraction of sp³-hybridized carbons (Fsp3) is 0.533. The predicted octanol–water partition coefficient (Wildman–Crippen LogP) is 1.64. The summed E-state index contributed by atoms with van der Waals surface area (Å²) in [5.74, 6) is -1.19. The molecule has 0 saturated carbocycles. The maximum atomic E-state index is 13.6. The molecule has 1 aliphatic rings. The topological polar surface area (TPSA) is 32.8 Å². The van der Waals surface area contributed by atoms with Gasteiger partial charge in [0.1, 0.15) is 11.6 Å². The van der Waals surface area contributed by atoms with Crippen molar-refractivity contribution in [1.29, 1.82) is 0 Å². The van der Waals surface area contributed by atoms with Crippen LogP contribution in [0.25, 0.3) is 0 Å². The number of carbonyl (C=O) groups is 1. The van der Waals surface area contributed by atoms with Crippen molar-refractivity contribution < 1.29 is 18.3 Å². The van der Waals surface area contributed by atoms with E-state index in [0.717, 1.165) is 6.07 Å². The summed E-state index contributed by atoms with van der Waals surface area (Å²) in [7, 11) is 1.74. The Morgan fingerprint density at radius 2 is 2.24 bits per heavy atom. The molecule has 1 atom stereocenters. The van der Waals surface area contributed by atoms with Gasteiger partial charge in [0.05, 0.1) is 19.3 Å². The number of ether oxygens (including phenoxy) is 1. The molecule has 1 amide bonds. The van der Waals surface area contributed by atoms with Crippen LogP contribution < -0.4 is 0 Å². The van der Waals surface area contributed by atoms with E-state index in [-0.39, 0.29) is 25.1 Å². The van der Waals surface area contributed by atoms with Gasteiger partial charge < -0.3 is 9.64 Å². The van der Waals surface area contributed by atoms with Gasteiger partial charge in [0.15, 0.2) is 0 Å². The summed E-state index contributed by atoms with van der Waals surface area (Å²) in [5, 5.41) is 0. The Bertz CT molecular complexity index is 510.